The van der Waals surface area contributed by atoms with E-state index < -0.39 is 0 Å². The Morgan fingerprint density at radius 2 is 1.88 bits per heavy atom. The fourth-order valence-electron chi connectivity index (χ4n) is 1.59. The molecule has 2 aromatic rings. The van der Waals surface area contributed by atoms with Crippen LogP contribution in [0.25, 0.3) is 11.6 Å². The van der Waals surface area contributed by atoms with Crippen LogP contribution in [0.15, 0.2) is 16.7 Å². The maximum atomic E-state index is 6.11. The third-order valence-corrected chi connectivity index (χ3v) is 3.10. The third kappa shape index (κ3) is 2.45. The van der Waals surface area contributed by atoms with Crippen molar-refractivity contribution in [2.24, 2.45) is 0 Å². The van der Waals surface area contributed by atoms with Crippen LogP contribution in [0.5, 0.6) is 0 Å². The van der Waals surface area contributed by atoms with E-state index >= 15 is 0 Å². The summed E-state index contributed by atoms with van der Waals surface area (Å²) in [7, 11) is 0. The van der Waals surface area contributed by atoms with Gasteiger partial charge in [-0.25, -0.2) is 9.97 Å². The van der Waals surface area contributed by atoms with Crippen molar-refractivity contribution in [2.45, 2.75) is 26.7 Å². The summed E-state index contributed by atoms with van der Waals surface area (Å²) in [5, 5.41) is 0.801. The van der Waals surface area contributed by atoms with Crippen molar-refractivity contribution in [2.75, 3.05) is 0 Å². The van der Waals surface area contributed by atoms with Gasteiger partial charge < -0.3 is 4.42 Å². The highest BCUT2D eigenvalue weighted by molar-refractivity contribution is 6.34. The molecular weight excluding hydrogens is 259 g/mol. The van der Waals surface area contributed by atoms with Crippen molar-refractivity contribution < 1.29 is 4.42 Å². The van der Waals surface area contributed by atoms with Crippen molar-refractivity contribution in [3.05, 3.63) is 33.8 Å². The summed E-state index contributed by atoms with van der Waals surface area (Å²) >= 11 is 12.2. The van der Waals surface area contributed by atoms with Crippen LogP contribution in [-0.2, 0) is 6.42 Å². The van der Waals surface area contributed by atoms with E-state index in [0.717, 1.165) is 24.0 Å². The fourth-order valence-corrected chi connectivity index (χ4v) is 2.17. The van der Waals surface area contributed by atoms with Gasteiger partial charge in [-0.15, -0.1) is 0 Å². The van der Waals surface area contributed by atoms with Gasteiger partial charge in [-0.3, -0.25) is 0 Å². The molecule has 0 atom stereocenters. The summed E-state index contributed by atoms with van der Waals surface area (Å²) in [6.45, 7) is 3.97. The van der Waals surface area contributed by atoms with Crippen molar-refractivity contribution in [3.63, 3.8) is 0 Å². The maximum Gasteiger partial charge on any atom is 0.198 e. The molecule has 0 aliphatic heterocycles. The Morgan fingerprint density at radius 1 is 1.24 bits per heavy atom. The Balaban J connectivity index is 2.49. The van der Waals surface area contributed by atoms with Crippen LogP contribution in [0.4, 0.5) is 0 Å². The van der Waals surface area contributed by atoms with Crippen molar-refractivity contribution >= 4 is 23.2 Å². The highest BCUT2D eigenvalue weighted by Gasteiger charge is 2.15. The van der Waals surface area contributed by atoms with Gasteiger partial charge in [0.25, 0.3) is 0 Å². The summed E-state index contributed by atoms with van der Waals surface area (Å²) in [4.78, 5) is 8.46. The second-order valence-corrected chi connectivity index (χ2v) is 4.51. The molecule has 2 aromatic heterocycles. The molecule has 0 saturated heterocycles. The zero-order valence-electron chi connectivity index (χ0n) is 9.63. The number of rotatable bonds is 3. The van der Waals surface area contributed by atoms with Crippen LogP contribution in [0, 0.1) is 6.92 Å². The SMILES string of the molecule is CCCc1c(Cl)nc(-c2occc2C)nc1Cl. The van der Waals surface area contributed by atoms with E-state index in [4.69, 9.17) is 27.6 Å². The second-order valence-electron chi connectivity index (χ2n) is 3.79. The standard InChI is InChI=1S/C12H12Cl2N2O/c1-3-4-8-10(13)15-12(16-11(8)14)9-7(2)5-6-17-9/h5-6H,3-4H2,1-2H3. The van der Waals surface area contributed by atoms with E-state index in [1.807, 2.05) is 13.0 Å². The van der Waals surface area contributed by atoms with Gasteiger partial charge in [-0.1, -0.05) is 36.5 Å². The fraction of sp³-hybridized carbons (Fsp3) is 0.333. The second kappa shape index (κ2) is 5.07. The molecule has 0 N–H and O–H groups in total. The van der Waals surface area contributed by atoms with Crippen molar-refractivity contribution in [1.29, 1.82) is 0 Å². The molecular formula is C12H12Cl2N2O. The molecule has 0 amide bonds. The lowest BCUT2D eigenvalue weighted by atomic mass is 10.2. The Morgan fingerprint density at radius 3 is 2.35 bits per heavy atom. The van der Waals surface area contributed by atoms with Crippen LogP contribution in [0.1, 0.15) is 24.5 Å². The Kier molecular flexibility index (Phi) is 3.69. The van der Waals surface area contributed by atoms with Gasteiger partial charge in [-0.05, 0) is 25.0 Å². The lowest BCUT2D eigenvalue weighted by Crippen LogP contribution is -1.97. The van der Waals surface area contributed by atoms with E-state index in [0.29, 0.717) is 21.9 Å². The summed E-state index contributed by atoms with van der Waals surface area (Å²) in [5.74, 6) is 1.04. The van der Waals surface area contributed by atoms with Crippen LogP contribution < -0.4 is 0 Å². The number of aromatic nitrogens is 2. The Hall–Kier alpha value is -1.06. The minimum Gasteiger partial charge on any atom is -0.461 e. The predicted molar refractivity (Wildman–Crippen MR) is 68.5 cm³/mol. The molecule has 0 aliphatic carbocycles. The molecule has 0 fully saturated rings. The van der Waals surface area contributed by atoms with Gasteiger partial charge in [0.1, 0.15) is 10.3 Å². The first kappa shape index (κ1) is 12.4. The summed E-state index contributed by atoms with van der Waals surface area (Å²) in [6, 6.07) is 1.85. The summed E-state index contributed by atoms with van der Waals surface area (Å²) < 4.78 is 5.32. The number of furan rings is 1. The van der Waals surface area contributed by atoms with Gasteiger partial charge in [0.05, 0.1) is 6.26 Å². The Bertz CT molecular complexity index is 514. The molecule has 0 spiro atoms. The summed E-state index contributed by atoms with van der Waals surface area (Å²) in [5.41, 5.74) is 1.75. The highest BCUT2D eigenvalue weighted by Crippen LogP contribution is 2.28. The molecule has 17 heavy (non-hydrogen) atoms. The molecule has 2 rings (SSSR count). The quantitative estimate of drug-likeness (QED) is 0.781. The first-order chi connectivity index (χ1) is 8.13. The van der Waals surface area contributed by atoms with E-state index in [-0.39, 0.29) is 0 Å². The molecule has 90 valence electrons. The van der Waals surface area contributed by atoms with E-state index in [1.54, 1.807) is 6.26 Å². The normalized spacial score (nSPS) is 10.8. The molecule has 0 radical (unpaired) electrons. The predicted octanol–water partition coefficient (Wildman–Crippen LogP) is 4.30. The van der Waals surface area contributed by atoms with Crippen molar-refractivity contribution in [3.8, 4) is 11.6 Å². The molecule has 3 nitrogen and oxygen atoms in total. The van der Waals surface area contributed by atoms with E-state index in [1.165, 1.54) is 0 Å². The molecule has 0 bridgehead atoms. The molecule has 0 aromatic carbocycles. The third-order valence-electron chi connectivity index (χ3n) is 2.47. The maximum absolute atomic E-state index is 6.11. The average Bonchev–Trinajstić information content (AvgIpc) is 2.69. The minimum absolute atomic E-state index is 0.401. The number of halogens is 2. The van der Waals surface area contributed by atoms with Crippen LogP contribution in [0.3, 0.4) is 0 Å². The topological polar surface area (TPSA) is 38.9 Å². The van der Waals surface area contributed by atoms with Gasteiger partial charge in [0, 0.05) is 5.56 Å². The summed E-state index contributed by atoms with van der Waals surface area (Å²) in [6.07, 6.45) is 3.31. The number of aryl methyl sites for hydroxylation is 1. The zero-order chi connectivity index (χ0) is 12.4. The van der Waals surface area contributed by atoms with E-state index in [9.17, 15) is 0 Å². The van der Waals surface area contributed by atoms with Crippen molar-refractivity contribution in [1.82, 2.24) is 9.97 Å². The molecule has 0 saturated carbocycles. The zero-order valence-corrected chi connectivity index (χ0v) is 11.1. The smallest absolute Gasteiger partial charge is 0.198 e. The Labute approximate surface area is 110 Å². The van der Waals surface area contributed by atoms with Gasteiger partial charge in [0.15, 0.2) is 11.6 Å². The number of hydrogen-bond donors (Lipinski definition) is 0. The van der Waals surface area contributed by atoms with Crippen LogP contribution in [-0.4, -0.2) is 9.97 Å². The minimum atomic E-state index is 0.401. The number of hydrogen-bond acceptors (Lipinski definition) is 3. The molecule has 0 aliphatic rings. The first-order valence-electron chi connectivity index (χ1n) is 5.39. The van der Waals surface area contributed by atoms with Crippen LogP contribution >= 0.6 is 23.2 Å². The van der Waals surface area contributed by atoms with Gasteiger partial charge in [0.2, 0.25) is 0 Å². The van der Waals surface area contributed by atoms with Crippen LogP contribution in [0.2, 0.25) is 10.3 Å². The molecule has 0 unspecified atom stereocenters. The molecule has 5 heteroatoms. The monoisotopic (exact) mass is 270 g/mol. The lowest BCUT2D eigenvalue weighted by Gasteiger charge is -2.06. The number of nitrogens with zero attached hydrogens (tertiary/aromatic N) is 2. The molecule has 2 heterocycles. The van der Waals surface area contributed by atoms with Gasteiger partial charge >= 0.3 is 0 Å². The van der Waals surface area contributed by atoms with Gasteiger partial charge in [-0.2, -0.15) is 0 Å². The lowest BCUT2D eigenvalue weighted by molar-refractivity contribution is 0.575. The average molecular weight is 271 g/mol. The first-order valence-corrected chi connectivity index (χ1v) is 6.15. The largest absolute Gasteiger partial charge is 0.461 e. The highest BCUT2D eigenvalue weighted by atomic mass is 35.5. The van der Waals surface area contributed by atoms with E-state index in [2.05, 4.69) is 16.9 Å².